The van der Waals surface area contributed by atoms with E-state index in [0.717, 1.165) is 11.1 Å². The molecular weight excluding hydrogens is 359 g/mol. The zero-order chi connectivity index (χ0) is 19.9. The molecule has 0 amide bonds. The van der Waals surface area contributed by atoms with Crippen molar-refractivity contribution in [3.63, 3.8) is 0 Å². The average molecular weight is 380 g/mol. The van der Waals surface area contributed by atoms with Gasteiger partial charge in [-0.3, -0.25) is 9.48 Å². The van der Waals surface area contributed by atoms with Gasteiger partial charge in [-0.05, 0) is 61.0 Å². The Bertz CT molecular complexity index is 978. The van der Waals surface area contributed by atoms with Gasteiger partial charge in [-0.25, -0.2) is 4.39 Å². The molecule has 0 bridgehead atoms. The van der Waals surface area contributed by atoms with E-state index in [0.29, 0.717) is 23.7 Å². The second-order valence-corrected chi connectivity index (χ2v) is 6.07. The molecule has 0 fully saturated rings. The molecular formula is C22H21FN2O3. The molecule has 5 nitrogen and oxygen atoms in total. The second-order valence-electron chi connectivity index (χ2n) is 6.07. The number of ketones is 1. The van der Waals surface area contributed by atoms with Gasteiger partial charge in [-0.15, -0.1) is 0 Å². The summed E-state index contributed by atoms with van der Waals surface area (Å²) in [6.45, 7) is 2.93. The third kappa shape index (κ3) is 4.85. The molecule has 1 aromatic heterocycles. The van der Waals surface area contributed by atoms with Crippen molar-refractivity contribution in [3.8, 4) is 11.5 Å². The van der Waals surface area contributed by atoms with Crippen LogP contribution in [0.5, 0.6) is 11.5 Å². The number of rotatable bonds is 8. The third-order valence-corrected chi connectivity index (χ3v) is 4.16. The van der Waals surface area contributed by atoms with Crippen LogP contribution in [0.4, 0.5) is 4.39 Å². The Morgan fingerprint density at radius 1 is 1.18 bits per heavy atom. The fraction of sp³-hybridized carbons (Fsp3) is 0.182. The van der Waals surface area contributed by atoms with Crippen molar-refractivity contribution < 1.29 is 18.7 Å². The van der Waals surface area contributed by atoms with E-state index in [4.69, 9.17) is 9.47 Å². The predicted octanol–water partition coefficient (Wildman–Crippen LogP) is 4.53. The summed E-state index contributed by atoms with van der Waals surface area (Å²) in [5.41, 5.74) is 2.06. The Kier molecular flexibility index (Phi) is 6.22. The number of ether oxygens (including phenoxy) is 2. The summed E-state index contributed by atoms with van der Waals surface area (Å²) in [6, 6.07) is 13.1. The van der Waals surface area contributed by atoms with Gasteiger partial charge in [0.2, 0.25) is 5.78 Å². The van der Waals surface area contributed by atoms with Crippen LogP contribution in [-0.4, -0.2) is 22.7 Å². The van der Waals surface area contributed by atoms with Crippen molar-refractivity contribution in [2.45, 2.75) is 20.1 Å². The molecule has 28 heavy (non-hydrogen) atoms. The largest absolute Gasteiger partial charge is 0.496 e. The van der Waals surface area contributed by atoms with Crippen LogP contribution in [-0.2, 0) is 13.2 Å². The van der Waals surface area contributed by atoms with Crippen molar-refractivity contribution in [2.24, 2.45) is 0 Å². The van der Waals surface area contributed by atoms with Gasteiger partial charge in [-0.2, -0.15) is 5.10 Å². The highest BCUT2D eigenvalue weighted by molar-refractivity contribution is 6.05. The molecule has 1 heterocycles. The maximum atomic E-state index is 13.0. The van der Waals surface area contributed by atoms with Crippen LogP contribution in [0.15, 0.2) is 60.8 Å². The molecule has 3 aromatic rings. The lowest BCUT2D eigenvalue weighted by Crippen LogP contribution is -2.00. The summed E-state index contributed by atoms with van der Waals surface area (Å²) in [4.78, 5) is 12.3. The first-order valence-corrected chi connectivity index (χ1v) is 8.90. The van der Waals surface area contributed by atoms with Gasteiger partial charge in [0.05, 0.1) is 7.11 Å². The number of hydrogen-bond acceptors (Lipinski definition) is 4. The minimum Gasteiger partial charge on any atom is -0.496 e. The van der Waals surface area contributed by atoms with Gasteiger partial charge < -0.3 is 9.47 Å². The van der Waals surface area contributed by atoms with Crippen molar-refractivity contribution >= 4 is 11.9 Å². The normalized spacial score (nSPS) is 11.0. The third-order valence-electron chi connectivity index (χ3n) is 4.16. The number of halogens is 1. The standard InChI is InChI=1S/C22H21FN2O3/c1-3-25-13-12-20(24-25)21(26)10-4-16-5-11-22(27-2)17(14-16)15-28-19-8-6-18(23)7-9-19/h4-14H,3,15H2,1-2H3/b10-4+. The van der Waals surface area contributed by atoms with Crippen LogP contribution in [0, 0.1) is 5.82 Å². The summed E-state index contributed by atoms with van der Waals surface area (Å²) in [6.07, 6.45) is 5.00. The van der Waals surface area contributed by atoms with Crippen molar-refractivity contribution in [2.75, 3.05) is 7.11 Å². The highest BCUT2D eigenvalue weighted by atomic mass is 19.1. The fourth-order valence-electron chi connectivity index (χ4n) is 2.63. The number of carbonyl (C=O) groups excluding carboxylic acids is 1. The van der Waals surface area contributed by atoms with E-state index in [-0.39, 0.29) is 18.2 Å². The average Bonchev–Trinajstić information content (AvgIpc) is 3.21. The molecule has 0 aliphatic carbocycles. The maximum Gasteiger partial charge on any atom is 0.206 e. The molecule has 0 radical (unpaired) electrons. The van der Waals surface area contributed by atoms with E-state index >= 15 is 0 Å². The number of carbonyl (C=O) groups is 1. The summed E-state index contributed by atoms with van der Waals surface area (Å²) in [7, 11) is 1.58. The second kappa shape index (κ2) is 8.99. The van der Waals surface area contributed by atoms with Crippen LogP contribution < -0.4 is 9.47 Å². The van der Waals surface area contributed by atoms with E-state index in [1.807, 2.05) is 25.1 Å². The lowest BCUT2D eigenvalue weighted by Gasteiger charge is -2.11. The van der Waals surface area contributed by atoms with Gasteiger partial charge in [0, 0.05) is 18.3 Å². The topological polar surface area (TPSA) is 53.4 Å². The Hall–Kier alpha value is -3.41. The minimum absolute atomic E-state index is 0.160. The van der Waals surface area contributed by atoms with Gasteiger partial charge in [-0.1, -0.05) is 12.1 Å². The Labute approximate surface area is 163 Å². The van der Waals surface area contributed by atoms with Crippen LogP contribution in [0.3, 0.4) is 0 Å². The first-order valence-electron chi connectivity index (χ1n) is 8.90. The smallest absolute Gasteiger partial charge is 0.206 e. The molecule has 3 rings (SSSR count). The van der Waals surface area contributed by atoms with Crippen molar-refractivity contribution in [1.29, 1.82) is 0 Å². The molecule has 0 aliphatic rings. The van der Waals surface area contributed by atoms with Crippen LogP contribution in [0.25, 0.3) is 6.08 Å². The first kappa shape index (κ1) is 19.4. The molecule has 0 atom stereocenters. The van der Waals surface area contributed by atoms with Gasteiger partial charge in [0.15, 0.2) is 0 Å². The number of benzene rings is 2. The molecule has 6 heteroatoms. The lowest BCUT2D eigenvalue weighted by atomic mass is 10.1. The predicted molar refractivity (Wildman–Crippen MR) is 105 cm³/mol. The molecule has 2 aromatic carbocycles. The van der Waals surface area contributed by atoms with E-state index in [2.05, 4.69) is 5.10 Å². The molecule has 0 unspecified atom stereocenters. The lowest BCUT2D eigenvalue weighted by molar-refractivity contribution is 0.104. The molecule has 0 saturated heterocycles. The van der Waals surface area contributed by atoms with E-state index in [1.54, 1.807) is 42.3 Å². The number of aromatic nitrogens is 2. The quantitative estimate of drug-likeness (QED) is 0.426. The fourth-order valence-corrected chi connectivity index (χ4v) is 2.63. The number of allylic oxidation sites excluding steroid dienone is 1. The number of aryl methyl sites for hydroxylation is 1. The summed E-state index contributed by atoms with van der Waals surface area (Å²) in [5, 5.41) is 4.20. The highest BCUT2D eigenvalue weighted by Gasteiger charge is 2.08. The number of nitrogens with zero attached hydrogens (tertiary/aromatic N) is 2. The minimum atomic E-state index is -0.314. The Balaban J connectivity index is 1.72. The monoisotopic (exact) mass is 380 g/mol. The van der Waals surface area contributed by atoms with E-state index in [9.17, 15) is 9.18 Å². The Morgan fingerprint density at radius 2 is 1.96 bits per heavy atom. The van der Waals surface area contributed by atoms with E-state index < -0.39 is 0 Å². The first-order chi connectivity index (χ1) is 13.6. The zero-order valence-electron chi connectivity index (χ0n) is 15.8. The highest BCUT2D eigenvalue weighted by Crippen LogP contribution is 2.23. The summed E-state index contributed by atoms with van der Waals surface area (Å²) in [5.74, 6) is 0.760. The molecule has 0 spiro atoms. The van der Waals surface area contributed by atoms with Crippen molar-refractivity contribution in [3.05, 3.63) is 83.4 Å². The van der Waals surface area contributed by atoms with Crippen LogP contribution >= 0.6 is 0 Å². The zero-order valence-corrected chi connectivity index (χ0v) is 15.8. The SMILES string of the molecule is CCn1ccc(C(=O)/C=C/c2ccc(OC)c(COc3ccc(F)cc3)c2)n1. The molecule has 144 valence electrons. The number of hydrogen-bond donors (Lipinski definition) is 0. The maximum absolute atomic E-state index is 13.0. The summed E-state index contributed by atoms with van der Waals surface area (Å²) < 4.78 is 25.8. The molecule has 0 saturated carbocycles. The van der Waals surface area contributed by atoms with Gasteiger partial charge in [0.1, 0.15) is 29.6 Å². The Morgan fingerprint density at radius 3 is 2.64 bits per heavy atom. The molecule has 0 N–H and O–H groups in total. The van der Waals surface area contributed by atoms with E-state index in [1.165, 1.54) is 18.2 Å². The summed E-state index contributed by atoms with van der Waals surface area (Å²) >= 11 is 0. The molecule has 0 aliphatic heterocycles. The van der Waals surface area contributed by atoms with Gasteiger partial charge >= 0.3 is 0 Å². The van der Waals surface area contributed by atoms with Crippen LogP contribution in [0.2, 0.25) is 0 Å². The number of methoxy groups -OCH3 is 1. The van der Waals surface area contributed by atoms with Crippen molar-refractivity contribution in [1.82, 2.24) is 9.78 Å². The van der Waals surface area contributed by atoms with Gasteiger partial charge in [0.25, 0.3) is 0 Å². The van der Waals surface area contributed by atoms with Crippen LogP contribution in [0.1, 0.15) is 28.5 Å².